The molecule has 0 unspecified atom stereocenters. The molecule has 0 fully saturated rings. The second kappa shape index (κ2) is 8.00. The standard InChI is InChI=1S/C21H18F2N2O3S/c1-14-6-9-18(10-7-14)29(27,28)25(2)17-5-3-4-15(12-17)21(26)24-16-8-11-19(22)20(23)13-16/h3-13H,1-2H3,(H,24,26). The topological polar surface area (TPSA) is 66.5 Å². The number of hydrogen-bond donors (Lipinski definition) is 1. The zero-order valence-corrected chi connectivity index (χ0v) is 16.5. The van der Waals surface area contributed by atoms with Crippen LogP contribution in [0.4, 0.5) is 20.2 Å². The van der Waals surface area contributed by atoms with Crippen LogP contribution in [0.3, 0.4) is 0 Å². The number of nitrogens with one attached hydrogen (secondary N) is 1. The Hall–Kier alpha value is -3.26. The van der Waals surface area contributed by atoms with Crippen molar-refractivity contribution in [3.05, 3.63) is 89.5 Å². The molecule has 0 aliphatic carbocycles. The second-order valence-electron chi connectivity index (χ2n) is 6.42. The normalized spacial score (nSPS) is 11.2. The average molecular weight is 416 g/mol. The minimum Gasteiger partial charge on any atom is -0.322 e. The van der Waals surface area contributed by atoms with Gasteiger partial charge in [-0.2, -0.15) is 0 Å². The van der Waals surface area contributed by atoms with Crippen molar-refractivity contribution in [1.29, 1.82) is 0 Å². The van der Waals surface area contributed by atoms with Crippen LogP contribution < -0.4 is 9.62 Å². The lowest BCUT2D eigenvalue weighted by Gasteiger charge is -2.20. The smallest absolute Gasteiger partial charge is 0.264 e. The first-order chi connectivity index (χ1) is 13.7. The quantitative estimate of drug-likeness (QED) is 0.672. The molecule has 1 amide bonds. The largest absolute Gasteiger partial charge is 0.322 e. The molecule has 29 heavy (non-hydrogen) atoms. The number of carbonyl (C=O) groups is 1. The highest BCUT2D eigenvalue weighted by Gasteiger charge is 2.22. The van der Waals surface area contributed by atoms with E-state index in [9.17, 15) is 22.0 Å². The Morgan fingerprint density at radius 3 is 2.28 bits per heavy atom. The van der Waals surface area contributed by atoms with Crippen molar-refractivity contribution in [1.82, 2.24) is 0 Å². The summed E-state index contributed by atoms with van der Waals surface area (Å²) in [5, 5.41) is 2.46. The molecule has 0 saturated heterocycles. The van der Waals surface area contributed by atoms with Gasteiger partial charge in [0.15, 0.2) is 11.6 Å². The molecule has 3 aromatic carbocycles. The van der Waals surface area contributed by atoms with Crippen LogP contribution in [0.15, 0.2) is 71.6 Å². The van der Waals surface area contributed by atoms with Crippen LogP contribution in [0, 0.1) is 18.6 Å². The molecule has 0 radical (unpaired) electrons. The van der Waals surface area contributed by atoms with Crippen molar-refractivity contribution in [3.63, 3.8) is 0 Å². The fourth-order valence-corrected chi connectivity index (χ4v) is 3.81. The third kappa shape index (κ3) is 4.43. The molecule has 0 saturated carbocycles. The van der Waals surface area contributed by atoms with Crippen molar-refractivity contribution in [2.45, 2.75) is 11.8 Å². The summed E-state index contributed by atoms with van der Waals surface area (Å²) in [6.07, 6.45) is 0. The van der Waals surface area contributed by atoms with Gasteiger partial charge in [-0.25, -0.2) is 17.2 Å². The van der Waals surface area contributed by atoms with E-state index in [4.69, 9.17) is 0 Å². The lowest BCUT2D eigenvalue weighted by atomic mass is 10.2. The molecule has 0 aliphatic rings. The second-order valence-corrected chi connectivity index (χ2v) is 8.39. The van der Waals surface area contributed by atoms with E-state index in [2.05, 4.69) is 5.32 Å². The van der Waals surface area contributed by atoms with Gasteiger partial charge < -0.3 is 5.32 Å². The van der Waals surface area contributed by atoms with Gasteiger partial charge in [0.2, 0.25) is 0 Å². The van der Waals surface area contributed by atoms with Gasteiger partial charge in [-0.3, -0.25) is 9.10 Å². The third-order valence-corrected chi connectivity index (χ3v) is 6.13. The van der Waals surface area contributed by atoms with Crippen LogP contribution in [0.1, 0.15) is 15.9 Å². The van der Waals surface area contributed by atoms with Crippen LogP contribution in [-0.4, -0.2) is 21.4 Å². The minimum atomic E-state index is -3.81. The van der Waals surface area contributed by atoms with E-state index >= 15 is 0 Å². The number of aryl methyl sites for hydroxylation is 1. The first-order valence-electron chi connectivity index (χ1n) is 8.60. The molecular formula is C21H18F2N2O3S. The summed E-state index contributed by atoms with van der Waals surface area (Å²) in [5.74, 6) is -2.69. The maximum atomic E-state index is 13.3. The van der Waals surface area contributed by atoms with Crippen molar-refractivity contribution in [2.75, 3.05) is 16.7 Å². The summed E-state index contributed by atoms with van der Waals surface area (Å²) in [6.45, 7) is 1.86. The molecule has 0 aliphatic heterocycles. The highest BCUT2D eigenvalue weighted by Crippen LogP contribution is 2.24. The Morgan fingerprint density at radius 2 is 1.62 bits per heavy atom. The Balaban J connectivity index is 1.85. The number of halogens is 2. The zero-order valence-electron chi connectivity index (χ0n) is 15.7. The molecule has 150 valence electrons. The number of anilines is 2. The molecular weight excluding hydrogens is 398 g/mol. The summed E-state index contributed by atoms with van der Waals surface area (Å²) < 4.78 is 53.1. The van der Waals surface area contributed by atoms with Crippen LogP contribution in [0.5, 0.6) is 0 Å². The summed E-state index contributed by atoms with van der Waals surface area (Å²) in [7, 11) is -2.42. The van der Waals surface area contributed by atoms with E-state index in [1.807, 2.05) is 6.92 Å². The van der Waals surface area contributed by atoms with Gasteiger partial charge in [0.05, 0.1) is 10.6 Å². The molecule has 5 nitrogen and oxygen atoms in total. The van der Waals surface area contributed by atoms with Crippen LogP contribution in [-0.2, 0) is 10.0 Å². The third-order valence-electron chi connectivity index (χ3n) is 4.33. The molecule has 8 heteroatoms. The van der Waals surface area contributed by atoms with Crippen molar-refractivity contribution < 1.29 is 22.0 Å². The summed E-state index contributed by atoms with van der Waals surface area (Å²) in [6, 6.07) is 15.4. The average Bonchev–Trinajstić information content (AvgIpc) is 2.70. The van der Waals surface area contributed by atoms with Gasteiger partial charge in [0.25, 0.3) is 15.9 Å². The van der Waals surface area contributed by atoms with E-state index in [0.717, 1.165) is 22.0 Å². The first kappa shape index (κ1) is 20.5. The van der Waals surface area contributed by atoms with Gasteiger partial charge in [-0.15, -0.1) is 0 Å². The molecule has 3 aromatic rings. The maximum Gasteiger partial charge on any atom is 0.264 e. The van der Waals surface area contributed by atoms with Gasteiger partial charge in [0.1, 0.15) is 0 Å². The number of carbonyl (C=O) groups excluding carboxylic acids is 1. The molecule has 0 bridgehead atoms. The predicted molar refractivity (Wildman–Crippen MR) is 108 cm³/mol. The highest BCUT2D eigenvalue weighted by molar-refractivity contribution is 7.92. The van der Waals surface area contributed by atoms with Crippen molar-refractivity contribution in [3.8, 4) is 0 Å². The molecule has 0 heterocycles. The Morgan fingerprint density at radius 1 is 0.931 bits per heavy atom. The first-order valence-corrected chi connectivity index (χ1v) is 10.0. The SMILES string of the molecule is Cc1ccc(S(=O)(=O)N(C)c2cccc(C(=O)Nc3ccc(F)c(F)c3)c2)cc1. The summed E-state index contributed by atoms with van der Waals surface area (Å²) in [4.78, 5) is 12.6. The van der Waals surface area contributed by atoms with E-state index in [-0.39, 0.29) is 21.8 Å². The Labute approximate surface area is 167 Å². The van der Waals surface area contributed by atoms with Crippen LogP contribution in [0.2, 0.25) is 0 Å². The lowest BCUT2D eigenvalue weighted by Crippen LogP contribution is -2.27. The number of benzene rings is 3. The van der Waals surface area contributed by atoms with Gasteiger partial charge in [-0.1, -0.05) is 23.8 Å². The van der Waals surface area contributed by atoms with Gasteiger partial charge in [0, 0.05) is 24.4 Å². The molecule has 0 spiro atoms. The fourth-order valence-electron chi connectivity index (χ4n) is 2.63. The zero-order chi connectivity index (χ0) is 21.2. The lowest BCUT2D eigenvalue weighted by molar-refractivity contribution is 0.102. The van der Waals surface area contributed by atoms with E-state index in [1.54, 1.807) is 18.2 Å². The van der Waals surface area contributed by atoms with Gasteiger partial charge >= 0.3 is 0 Å². The highest BCUT2D eigenvalue weighted by atomic mass is 32.2. The van der Waals surface area contributed by atoms with E-state index in [1.165, 1.54) is 43.4 Å². The maximum absolute atomic E-state index is 13.3. The number of sulfonamides is 1. The molecule has 0 atom stereocenters. The monoisotopic (exact) mass is 416 g/mol. The number of rotatable bonds is 5. The van der Waals surface area contributed by atoms with Crippen LogP contribution in [0.25, 0.3) is 0 Å². The minimum absolute atomic E-state index is 0.0833. The number of amides is 1. The van der Waals surface area contributed by atoms with Crippen molar-refractivity contribution >= 4 is 27.3 Å². The van der Waals surface area contributed by atoms with Crippen LogP contribution >= 0.6 is 0 Å². The number of nitrogens with zero attached hydrogens (tertiary/aromatic N) is 1. The Bertz CT molecular complexity index is 1160. The fraction of sp³-hybridized carbons (Fsp3) is 0.0952. The molecule has 3 rings (SSSR count). The molecule has 1 N–H and O–H groups in total. The number of hydrogen-bond acceptors (Lipinski definition) is 3. The van der Waals surface area contributed by atoms with Gasteiger partial charge in [-0.05, 0) is 49.4 Å². The Kier molecular flexibility index (Phi) is 5.65. The summed E-state index contributed by atoms with van der Waals surface area (Å²) >= 11 is 0. The predicted octanol–water partition coefficient (Wildman–Crippen LogP) is 4.35. The van der Waals surface area contributed by atoms with E-state index in [0.29, 0.717) is 0 Å². The van der Waals surface area contributed by atoms with Crippen molar-refractivity contribution in [2.24, 2.45) is 0 Å². The summed E-state index contributed by atoms with van der Waals surface area (Å²) in [5.41, 5.74) is 1.46. The van der Waals surface area contributed by atoms with E-state index < -0.39 is 27.6 Å². The molecule has 0 aromatic heterocycles.